The van der Waals surface area contributed by atoms with Crippen molar-refractivity contribution in [3.05, 3.63) is 54.1 Å². The van der Waals surface area contributed by atoms with Crippen LogP contribution in [0.15, 0.2) is 53.4 Å². The Morgan fingerprint density at radius 3 is 2.38 bits per heavy atom. The second-order valence-corrected chi connectivity index (χ2v) is 9.51. The lowest BCUT2D eigenvalue weighted by Gasteiger charge is -2.31. The maximum atomic E-state index is 12.8. The highest BCUT2D eigenvalue weighted by Crippen LogP contribution is 2.30. The Bertz CT molecular complexity index is 1120. The van der Waals surface area contributed by atoms with Crippen LogP contribution >= 0.6 is 0 Å². The molecule has 0 aromatic heterocycles. The normalized spacial score (nSPS) is 15.6. The minimum absolute atomic E-state index is 0.0925. The Morgan fingerprint density at radius 2 is 1.76 bits per heavy atom. The van der Waals surface area contributed by atoms with E-state index in [1.54, 1.807) is 6.92 Å². The van der Waals surface area contributed by atoms with Crippen LogP contribution in [-0.2, 0) is 14.8 Å². The number of nitrogens with one attached hydrogen (secondary N) is 1. The van der Waals surface area contributed by atoms with Crippen molar-refractivity contribution in [1.82, 2.24) is 9.21 Å². The zero-order chi connectivity index (χ0) is 24.7. The molecular weight excluding hydrogens is 468 g/mol. The summed E-state index contributed by atoms with van der Waals surface area (Å²) in [6.07, 6.45) is 2.77. The summed E-state index contributed by atoms with van der Waals surface area (Å²) in [4.78, 5) is 14.5. The summed E-state index contributed by atoms with van der Waals surface area (Å²) < 4.78 is 61.8. The molecule has 0 aliphatic carbocycles. The molecule has 0 radical (unpaired) electrons. The first-order chi connectivity index (χ1) is 16.2. The van der Waals surface area contributed by atoms with Crippen LogP contribution in [0.4, 0.5) is 14.5 Å². The minimum atomic E-state index is -3.59. The zero-order valence-corrected chi connectivity index (χ0v) is 19.7. The smallest absolute Gasteiger partial charge is 0.387 e. The number of sulfonamides is 1. The van der Waals surface area contributed by atoms with Crippen molar-refractivity contribution in [3.63, 3.8) is 0 Å². The van der Waals surface area contributed by atoms with Gasteiger partial charge in [-0.2, -0.15) is 13.1 Å². The molecule has 0 saturated carbocycles. The molecule has 1 amide bonds. The van der Waals surface area contributed by atoms with Gasteiger partial charge in [-0.05, 0) is 62.0 Å². The van der Waals surface area contributed by atoms with Crippen molar-refractivity contribution in [3.8, 4) is 11.5 Å². The van der Waals surface area contributed by atoms with Gasteiger partial charge in [0.25, 0.3) is 0 Å². The van der Waals surface area contributed by atoms with Crippen LogP contribution in [0.3, 0.4) is 0 Å². The number of hydrogen-bond acceptors (Lipinski definition) is 6. The van der Waals surface area contributed by atoms with Gasteiger partial charge >= 0.3 is 6.61 Å². The van der Waals surface area contributed by atoms with E-state index in [9.17, 15) is 22.0 Å². The van der Waals surface area contributed by atoms with Crippen molar-refractivity contribution in [2.45, 2.75) is 18.4 Å². The van der Waals surface area contributed by atoms with Crippen molar-refractivity contribution in [2.75, 3.05) is 45.2 Å². The third kappa shape index (κ3) is 6.75. The summed E-state index contributed by atoms with van der Waals surface area (Å²) in [5.74, 6) is -0.395. The highest BCUT2D eigenvalue weighted by Gasteiger charge is 2.27. The number of carbonyl (C=O) groups is 1. The monoisotopic (exact) mass is 495 g/mol. The first kappa shape index (κ1) is 25.6. The molecule has 1 saturated heterocycles. The molecule has 0 unspecified atom stereocenters. The number of halogens is 2. The predicted octanol–water partition coefficient (Wildman–Crippen LogP) is 3.27. The molecule has 0 atom stereocenters. The molecule has 2 aromatic carbocycles. The second kappa shape index (κ2) is 11.4. The van der Waals surface area contributed by atoms with Crippen molar-refractivity contribution < 1.29 is 31.5 Å². The highest BCUT2D eigenvalue weighted by atomic mass is 32.2. The van der Waals surface area contributed by atoms with E-state index in [1.165, 1.54) is 58.9 Å². The van der Waals surface area contributed by atoms with Gasteiger partial charge in [-0.25, -0.2) is 8.42 Å². The van der Waals surface area contributed by atoms with Gasteiger partial charge in [0, 0.05) is 37.9 Å². The van der Waals surface area contributed by atoms with Gasteiger partial charge in [0.2, 0.25) is 15.9 Å². The molecule has 184 valence electrons. The molecule has 0 bridgehead atoms. The lowest BCUT2D eigenvalue weighted by molar-refractivity contribution is -0.111. The molecular formula is C23H27F2N3O5S. The largest absolute Gasteiger partial charge is 0.490 e. The molecule has 1 aliphatic heterocycles. The fraction of sp³-hybridized carbons (Fsp3) is 0.348. The van der Waals surface area contributed by atoms with Crippen LogP contribution in [0.1, 0.15) is 12.5 Å². The number of amides is 1. The van der Waals surface area contributed by atoms with Crippen molar-refractivity contribution in [2.24, 2.45) is 0 Å². The van der Waals surface area contributed by atoms with Gasteiger partial charge in [-0.15, -0.1) is 0 Å². The summed E-state index contributed by atoms with van der Waals surface area (Å²) in [5, 5.41) is 2.66. The van der Waals surface area contributed by atoms with E-state index >= 15 is 0 Å². The fourth-order valence-corrected chi connectivity index (χ4v) is 4.76. The zero-order valence-electron chi connectivity index (χ0n) is 18.9. The summed E-state index contributed by atoms with van der Waals surface area (Å²) in [6, 6.07) is 10.3. The maximum absolute atomic E-state index is 12.8. The van der Waals surface area contributed by atoms with E-state index in [1.807, 2.05) is 7.05 Å². The third-order valence-corrected chi connectivity index (χ3v) is 7.05. The summed E-state index contributed by atoms with van der Waals surface area (Å²) in [5.41, 5.74) is 0.983. The van der Waals surface area contributed by atoms with E-state index in [0.717, 1.165) is 0 Å². The maximum Gasteiger partial charge on any atom is 0.387 e. The van der Waals surface area contributed by atoms with Crippen LogP contribution in [0, 0.1) is 0 Å². The van der Waals surface area contributed by atoms with Gasteiger partial charge in [0.1, 0.15) is 0 Å². The Kier molecular flexibility index (Phi) is 8.59. The molecule has 1 fully saturated rings. The predicted molar refractivity (Wildman–Crippen MR) is 125 cm³/mol. The van der Waals surface area contributed by atoms with Crippen molar-refractivity contribution >= 4 is 27.7 Å². The van der Waals surface area contributed by atoms with Gasteiger partial charge in [0.15, 0.2) is 11.5 Å². The SMILES string of the molecule is CCOc1cc(/C=C/C(=O)Nc2ccc(S(=O)(=O)N3CCN(C)CC3)cc2)ccc1OC(F)F. The van der Waals surface area contributed by atoms with Crippen molar-refractivity contribution in [1.29, 1.82) is 0 Å². The fourth-order valence-electron chi connectivity index (χ4n) is 3.33. The van der Waals surface area contributed by atoms with Gasteiger partial charge in [0.05, 0.1) is 11.5 Å². The van der Waals surface area contributed by atoms with E-state index < -0.39 is 22.5 Å². The Morgan fingerprint density at radius 1 is 1.09 bits per heavy atom. The first-order valence-electron chi connectivity index (χ1n) is 10.7. The molecule has 1 N–H and O–H groups in total. The number of ether oxygens (including phenoxy) is 2. The summed E-state index contributed by atoms with van der Waals surface area (Å²) in [6.45, 7) is 1.21. The van der Waals surface area contributed by atoms with Gasteiger partial charge in [-0.1, -0.05) is 6.07 Å². The Hall–Kier alpha value is -3.02. The average molecular weight is 496 g/mol. The standard InChI is InChI=1S/C23H27F2N3O5S/c1-3-32-21-16-17(4-10-20(21)33-23(24)25)5-11-22(29)26-18-6-8-19(9-7-18)34(30,31)28-14-12-27(2)13-15-28/h4-11,16,23H,3,12-15H2,1-2H3,(H,26,29)/b11-5+. The Labute approximate surface area is 197 Å². The van der Waals surface area contributed by atoms with Gasteiger partial charge in [-0.3, -0.25) is 4.79 Å². The molecule has 11 heteroatoms. The minimum Gasteiger partial charge on any atom is -0.490 e. The molecule has 3 rings (SSSR count). The van der Waals surface area contributed by atoms with Gasteiger partial charge < -0.3 is 19.7 Å². The Balaban J connectivity index is 1.63. The van der Waals surface area contributed by atoms with E-state index in [0.29, 0.717) is 37.4 Å². The number of rotatable bonds is 9. The number of likely N-dealkylation sites (N-methyl/N-ethyl adjacent to an activating group) is 1. The van der Waals surface area contributed by atoms with E-state index in [2.05, 4.69) is 15.0 Å². The number of benzene rings is 2. The number of hydrogen-bond donors (Lipinski definition) is 1. The quantitative estimate of drug-likeness (QED) is 0.538. The number of alkyl halides is 2. The van der Waals surface area contributed by atoms with Crippen LogP contribution < -0.4 is 14.8 Å². The molecule has 0 spiro atoms. The average Bonchev–Trinajstić information content (AvgIpc) is 2.80. The van der Waals surface area contributed by atoms with Crippen LogP contribution in [0.5, 0.6) is 11.5 Å². The number of anilines is 1. The van der Waals surface area contributed by atoms with E-state index in [-0.39, 0.29) is 23.0 Å². The second-order valence-electron chi connectivity index (χ2n) is 7.57. The molecule has 1 heterocycles. The first-order valence-corrected chi connectivity index (χ1v) is 12.1. The van der Waals surface area contributed by atoms with Crippen LogP contribution in [0.25, 0.3) is 6.08 Å². The van der Waals surface area contributed by atoms with E-state index in [4.69, 9.17) is 4.74 Å². The lowest BCUT2D eigenvalue weighted by Crippen LogP contribution is -2.46. The number of carbonyl (C=O) groups excluding carboxylic acids is 1. The molecule has 8 nitrogen and oxygen atoms in total. The third-order valence-electron chi connectivity index (χ3n) is 5.13. The number of piperazine rings is 1. The topological polar surface area (TPSA) is 88.2 Å². The lowest BCUT2D eigenvalue weighted by atomic mass is 10.2. The summed E-state index contributed by atoms with van der Waals surface area (Å²) in [7, 11) is -1.64. The highest BCUT2D eigenvalue weighted by molar-refractivity contribution is 7.89. The summed E-state index contributed by atoms with van der Waals surface area (Å²) >= 11 is 0. The molecule has 1 aliphatic rings. The number of nitrogens with zero attached hydrogens (tertiary/aromatic N) is 2. The molecule has 34 heavy (non-hydrogen) atoms. The van der Waals surface area contributed by atoms with Crippen LogP contribution in [-0.4, -0.2) is 70.0 Å². The molecule has 2 aromatic rings. The van der Waals surface area contributed by atoms with Crippen LogP contribution in [0.2, 0.25) is 0 Å².